The SMILES string of the molecule is COC[C@@H]1CN(C(=O)N[C@H](C)c2cccc(Cl)c2Cl)CCO1. The highest BCUT2D eigenvalue weighted by Crippen LogP contribution is 2.29. The van der Waals surface area contributed by atoms with Crippen molar-refractivity contribution in [2.45, 2.75) is 19.1 Å². The van der Waals surface area contributed by atoms with Gasteiger partial charge in [0.25, 0.3) is 0 Å². The van der Waals surface area contributed by atoms with Crippen molar-refractivity contribution in [3.8, 4) is 0 Å². The van der Waals surface area contributed by atoms with Gasteiger partial charge in [-0.25, -0.2) is 4.79 Å². The van der Waals surface area contributed by atoms with Crippen LogP contribution in [0.1, 0.15) is 18.5 Å². The first-order chi connectivity index (χ1) is 10.5. The minimum Gasteiger partial charge on any atom is -0.382 e. The number of hydrogen-bond acceptors (Lipinski definition) is 3. The molecule has 1 heterocycles. The molecule has 1 fully saturated rings. The molecule has 0 aromatic heterocycles. The van der Waals surface area contributed by atoms with E-state index in [1.54, 1.807) is 18.1 Å². The third kappa shape index (κ3) is 4.26. The van der Waals surface area contributed by atoms with Crippen molar-refractivity contribution in [2.24, 2.45) is 0 Å². The number of halogens is 2. The number of benzene rings is 1. The molecule has 1 aromatic carbocycles. The van der Waals surface area contributed by atoms with Gasteiger partial charge in [0.1, 0.15) is 0 Å². The predicted octanol–water partition coefficient (Wildman–Crippen LogP) is 3.11. The van der Waals surface area contributed by atoms with Crippen LogP contribution in [0.4, 0.5) is 4.79 Å². The van der Waals surface area contributed by atoms with Crippen LogP contribution in [0.15, 0.2) is 18.2 Å². The number of morpholine rings is 1. The van der Waals surface area contributed by atoms with Gasteiger partial charge in [0.15, 0.2) is 0 Å². The van der Waals surface area contributed by atoms with Crippen LogP contribution < -0.4 is 5.32 Å². The van der Waals surface area contributed by atoms with Crippen molar-refractivity contribution in [3.05, 3.63) is 33.8 Å². The summed E-state index contributed by atoms with van der Waals surface area (Å²) in [7, 11) is 1.62. The lowest BCUT2D eigenvalue weighted by molar-refractivity contribution is -0.0496. The predicted molar refractivity (Wildman–Crippen MR) is 86.6 cm³/mol. The maximum Gasteiger partial charge on any atom is 0.318 e. The molecule has 0 unspecified atom stereocenters. The quantitative estimate of drug-likeness (QED) is 0.911. The molecule has 0 saturated carbocycles. The molecule has 1 saturated heterocycles. The molecule has 2 rings (SSSR count). The van der Waals surface area contributed by atoms with E-state index in [-0.39, 0.29) is 18.2 Å². The summed E-state index contributed by atoms with van der Waals surface area (Å²) in [6.07, 6.45) is -0.0884. The Bertz CT molecular complexity index is 526. The fraction of sp³-hybridized carbons (Fsp3) is 0.533. The van der Waals surface area contributed by atoms with Gasteiger partial charge in [-0.05, 0) is 18.6 Å². The lowest BCUT2D eigenvalue weighted by atomic mass is 10.1. The second kappa shape index (κ2) is 8.02. The van der Waals surface area contributed by atoms with Gasteiger partial charge in [-0.15, -0.1) is 0 Å². The maximum atomic E-state index is 12.4. The standard InChI is InChI=1S/C15H20Cl2N2O3/c1-10(12-4-3-5-13(16)14(12)17)18-15(20)19-6-7-22-11(8-19)9-21-2/h3-5,10-11H,6-9H2,1-2H3,(H,18,20)/t10-,11+/m1/s1. The smallest absolute Gasteiger partial charge is 0.318 e. The van der Waals surface area contributed by atoms with Gasteiger partial charge in [-0.2, -0.15) is 0 Å². The van der Waals surface area contributed by atoms with Crippen molar-refractivity contribution in [3.63, 3.8) is 0 Å². The van der Waals surface area contributed by atoms with Crippen LogP contribution in [0.25, 0.3) is 0 Å². The normalized spacial score (nSPS) is 19.8. The third-order valence-electron chi connectivity index (χ3n) is 3.57. The number of hydrogen-bond donors (Lipinski definition) is 1. The second-order valence-electron chi connectivity index (χ2n) is 5.21. The van der Waals surface area contributed by atoms with Crippen LogP contribution in [-0.4, -0.2) is 50.4 Å². The maximum absolute atomic E-state index is 12.4. The van der Waals surface area contributed by atoms with E-state index in [2.05, 4.69) is 5.32 Å². The average molecular weight is 347 g/mol. The van der Waals surface area contributed by atoms with Gasteiger partial charge < -0.3 is 19.7 Å². The zero-order valence-corrected chi connectivity index (χ0v) is 14.2. The molecule has 1 aromatic rings. The Morgan fingerprint density at radius 1 is 1.55 bits per heavy atom. The number of nitrogens with one attached hydrogen (secondary N) is 1. The molecule has 1 aliphatic heterocycles. The number of ether oxygens (including phenoxy) is 2. The summed E-state index contributed by atoms with van der Waals surface area (Å²) in [5, 5.41) is 3.89. The van der Waals surface area contributed by atoms with Crippen LogP contribution in [0.2, 0.25) is 10.0 Å². The van der Waals surface area contributed by atoms with Crippen LogP contribution in [0.3, 0.4) is 0 Å². The van der Waals surface area contributed by atoms with Gasteiger partial charge in [0.2, 0.25) is 0 Å². The Morgan fingerprint density at radius 2 is 2.32 bits per heavy atom. The van der Waals surface area contributed by atoms with Crippen molar-refractivity contribution in [1.82, 2.24) is 10.2 Å². The molecule has 7 heteroatoms. The van der Waals surface area contributed by atoms with E-state index < -0.39 is 0 Å². The van der Waals surface area contributed by atoms with E-state index >= 15 is 0 Å². The largest absolute Gasteiger partial charge is 0.382 e. The minimum atomic E-state index is -0.234. The molecular formula is C15H20Cl2N2O3. The van der Waals surface area contributed by atoms with Crippen molar-refractivity contribution in [2.75, 3.05) is 33.4 Å². The molecule has 1 N–H and O–H groups in total. The zero-order chi connectivity index (χ0) is 16.1. The summed E-state index contributed by atoms with van der Waals surface area (Å²) in [5.41, 5.74) is 0.796. The van der Waals surface area contributed by atoms with Crippen molar-refractivity contribution in [1.29, 1.82) is 0 Å². The monoisotopic (exact) mass is 346 g/mol. The Balaban J connectivity index is 1.97. The van der Waals surface area contributed by atoms with Gasteiger partial charge in [0, 0.05) is 13.7 Å². The number of urea groups is 1. The molecule has 0 spiro atoms. The first-order valence-electron chi connectivity index (χ1n) is 7.12. The number of rotatable bonds is 4. The molecule has 0 bridgehead atoms. The van der Waals surface area contributed by atoms with E-state index in [9.17, 15) is 4.79 Å². The Morgan fingerprint density at radius 3 is 3.05 bits per heavy atom. The summed E-state index contributed by atoms with van der Waals surface area (Å²) in [5.74, 6) is 0. The lowest BCUT2D eigenvalue weighted by Crippen LogP contribution is -2.51. The molecule has 22 heavy (non-hydrogen) atoms. The third-order valence-corrected chi connectivity index (χ3v) is 4.40. The van der Waals surface area contributed by atoms with E-state index in [4.69, 9.17) is 32.7 Å². The molecular weight excluding hydrogens is 327 g/mol. The average Bonchev–Trinajstić information content (AvgIpc) is 2.50. The lowest BCUT2D eigenvalue weighted by Gasteiger charge is -2.33. The zero-order valence-electron chi connectivity index (χ0n) is 12.6. The Kier molecular flexibility index (Phi) is 6.32. The molecule has 122 valence electrons. The number of carbonyl (C=O) groups excluding carboxylic acids is 1. The van der Waals surface area contributed by atoms with Crippen LogP contribution in [0.5, 0.6) is 0 Å². The molecule has 1 aliphatic rings. The molecule has 2 atom stereocenters. The van der Waals surface area contributed by atoms with Gasteiger partial charge in [-0.1, -0.05) is 35.3 Å². The Hall–Kier alpha value is -1.01. The summed E-state index contributed by atoms with van der Waals surface area (Å²) in [4.78, 5) is 14.1. The summed E-state index contributed by atoms with van der Waals surface area (Å²) >= 11 is 12.2. The van der Waals surface area contributed by atoms with E-state index in [1.165, 1.54) is 0 Å². The fourth-order valence-electron chi connectivity index (χ4n) is 2.40. The highest BCUT2D eigenvalue weighted by molar-refractivity contribution is 6.42. The van der Waals surface area contributed by atoms with Crippen LogP contribution in [-0.2, 0) is 9.47 Å². The molecule has 0 aliphatic carbocycles. The number of carbonyl (C=O) groups is 1. The fourth-order valence-corrected chi connectivity index (χ4v) is 2.87. The molecule has 2 amide bonds. The topological polar surface area (TPSA) is 50.8 Å². The van der Waals surface area contributed by atoms with E-state index in [1.807, 2.05) is 19.1 Å². The first kappa shape index (κ1) is 17.3. The summed E-state index contributed by atoms with van der Waals surface area (Å²) in [6, 6.07) is 5.01. The van der Waals surface area contributed by atoms with E-state index in [0.717, 1.165) is 5.56 Å². The van der Waals surface area contributed by atoms with Crippen LogP contribution in [0, 0.1) is 0 Å². The summed E-state index contributed by atoms with van der Waals surface area (Å²) in [6.45, 7) is 3.92. The Labute approximate surface area is 140 Å². The highest BCUT2D eigenvalue weighted by atomic mass is 35.5. The van der Waals surface area contributed by atoms with Gasteiger partial charge >= 0.3 is 6.03 Å². The van der Waals surface area contributed by atoms with Gasteiger partial charge in [-0.3, -0.25) is 0 Å². The molecule has 5 nitrogen and oxygen atoms in total. The van der Waals surface area contributed by atoms with Gasteiger partial charge in [0.05, 0.1) is 41.9 Å². The highest BCUT2D eigenvalue weighted by Gasteiger charge is 2.25. The van der Waals surface area contributed by atoms with E-state index in [0.29, 0.717) is 36.3 Å². The first-order valence-corrected chi connectivity index (χ1v) is 7.88. The molecule has 0 radical (unpaired) electrons. The second-order valence-corrected chi connectivity index (χ2v) is 5.99. The summed E-state index contributed by atoms with van der Waals surface area (Å²) < 4.78 is 10.6. The van der Waals surface area contributed by atoms with Crippen molar-refractivity contribution < 1.29 is 14.3 Å². The van der Waals surface area contributed by atoms with Crippen molar-refractivity contribution >= 4 is 29.2 Å². The van der Waals surface area contributed by atoms with Crippen LogP contribution >= 0.6 is 23.2 Å². The minimum absolute atomic E-state index is 0.0884. The number of amides is 2. The number of nitrogens with zero attached hydrogens (tertiary/aromatic N) is 1. The number of methoxy groups -OCH3 is 1.